The van der Waals surface area contributed by atoms with Gasteiger partial charge in [0.2, 0.25) is 0 Å². The van der Waals surface area contributed by atoms with Crippen molar-refractivity contribution < 1.29 is 14.3 Å². The van der Waals surface area contributed by atoms with E-state index in [2.05, 4.69) is 10.6 Å². The Morgan fingerprint density at radius 1 is 0.853 bits per heavy atom. The number of esters is 1. The van der Waals surface area contributed by atoms with Crippen molar-refractivity contribution in [2.75, 3.05) is 17.7 Å². The Bertz CT molecular complexity index is 1320. The molecule has 1 aromatic heterocycles. The number of ketones is 1. The van der Waals surface area contributed by atoms with Gasteiger partial charge in [0, 0.05) is 22.4 Å². The summed E-state index contributed by atoms with van der Waals surface area (Å²) < 4.78 is 4.96. The minimum absolute atomic E-state index is 0.108. The summed E-state index contributed by atoms with van der Waals surface area (Å²) in [6, 6.07) is 28.1. The SMILES string of the molecule is COC(=O)c1cc(Cc2ccccc2)sc1NC(=S)Nc1ccccc1C(=O)c1ccccc1. The van der Waals surface area contributed by atoms with Gasteiger partial charge < -0.3 is 15.4 Å². The second-order valence-corrected chi connectivity index (χ2v) is 8.97. The number of anilines is 2. The van der Waals surface area contributed by atoms with Crippen molar-refractivity contribution in [3.8, 4) is 0 Å². The molecule has 0 amide bonds. The summed E-state index contributed by atoms with van der Waals surface area (Å²) in [5.74, 6) is -0.552. The fraction of sp³-hybridized carbons (Fsp3) is 0.0741. The molecule has 170 valence electrons. The summed E-state index contributed by atoms with van der Waals surface area (Å²) in [5, 5.41) is 7.08. The van der Waals surface area contributed by atoms with Gasteiger partial charge in [-0.3, -0.25) is 4.79 Å². The third-order valence-corrected chi connectivity index (χ3v) is 6.35. The van der Waals surface area contributed by atoms with E-state index in [9.17, 15) is 9.59 Å². The van der Waals surface area contributed by atoms with Gasteiger partial charge in [0.15, 0.2) is 10.9 Å². The van der Waals surface area contributed by atoms with Gasteiger partial charge in [-0.25, -0.2) is 4.79 Å². The Morgan fingerprint density at radius 2 is 1.50 bits per heavy atom. The number of hydrogen-bond donors (Lipinski definition) is 2. The van der Waals surface area contributed by atoms with Crippen LogP contribution >= 0.6 is 23.6 Å². The lowest BCUT2D eigenvalue weighted by molar-refractivity contribution is 0.0602. The van der Waals surface area contributed by atoms with Crippen molar-refractivity contribution in [1.82, 2.24) is 0 Å². The number of thiocarbonyl (C=S) groups is 1. The van der Waals surface area contributed by atoms with E-state index in [0.717, 1.165) is 10.4 Å². The zero-order valence-corrected chi connectivity index (χ0v) is 20.0. The van der Waals surface area contributed by atoms with Gasteiger partial charge in [-0.1, -0.05) is 72.8 Å². The molecule has 0 atom stereocenters. The van der Waals surface area contributed by atoms with Crippen LogP contribution in [0.4, 0.5) is 10.7 Å². The first-order chi connectivity index (χ1) is 16.5. The predicted molar refractivity (Wildman–Crippen MR) is 141 cm³/mol. The van der Waals surface area contributed by atoms with Gasteiger partial charge in [-0.2, -0.15) is 0 Å². The zero-order chi connectivity index (χ0) is 23.9. The zero-order valence-electron chi connectivity index (χ0n) is 18.4. The number of para-hydroxylation sites is 1. The van der Waals surface area contributed by atoms with Crippen LogP contribution in [0, 0.1) is 0 Å². The minimum atomic E-state index is -0.444. The highest BCUT2D eigenvalue weighted by Gasteiger charge is 2.19. The lowest BCUT2D eigenvalue weighted by Crippen LogP contribution is -2.21. The second-order valence-electron chi connectivity index (χ2n) is 7.43. The number of rotatable bonds is 7. The maximum atomic E-state index is 13.0. The molecular weight excluding hydrogens is 464 g/mol. The van der Waals surface area contributed by atoms with Crippen LogP contribution in [0.5, 0.6) is 0 Å². The molecule has 0 aliphatic rings. The number of carbonyl (C=O) groups excluding carboxylic acids is 2. The summed E-state index contributed by atoms with van der Waals surface area (Å²) in [6.45, 7) is 0. The van der Waals surface area contributed by atoms with Crippen molar-refractivity contribution in [3.05, 3.63) is 118 Å². The van der Waals surface area contributed by atoms with E-state index in [4.69, 9.17) is 17.0 Å². The van der Waals surface area contributed by atoms with Gasteiger partial charge >= 0.3 is 5.97 Å². The number of benzene rings is 3. The first-order valence-corrected chi connectivity index (χ1v) is 11.8. The molecule has 0 radical (unpaired) electrons. The number of nitrogens with one attached hydrogen (secondary N) is 2. The maximum absolute atomic E-state index is 13.0. The molecule has 0 aliphatic carbocycles. The van der Waals surface area contributed by atoms with E-state index in [1.807, 2.05) is 66.7 Å². The summed E-state index contributed by atoms with van der Waals surface area (Å²) in [7, 11) is 1.35. The molecule has 34 heavy (non-hydrogen) atoms. The fourth-order valence-electron chi connectivity index (χ4n) is 3.47. The quantitative estimate of drug-likeness (QED) is 0.185. The molecule has 0 bridgehead atoms. The van der Waals surface area contributed by atoms with Crippen molar-refractivity contribution in [2.24, 2.45) is 0 Å². The lowest BCUT2D eigenvalue weighted by Gasteiger charge is -2.13. The molecule has 0 spiro atoms. The first-order valence-electron chi connectivity index (χ1n) is 10.6. The van der Waals surface area contributed by atoms with Crippen molar-refractivity contribution >= 4 is 51.1 Å². The van der Waals surface area contributed by atoms with E-state index in [0.29, 0.717) is 33.8 Å². The number of carbonyl (C=O) groups is 2. The Morgan fingerprint density at radius 3 is 2.21 bits per heavy atom. The maximum Gasteiger partial charge on any atom is 0.340 e. The van der Waals surface area contributed by atoms with E-state index in [1.54, 1.807) is 24.3 Å². The molecule has 0 fully saturated rings. The molecule has 0 saturated heterocycles. The van der Waals surface area contributed by atoms with Crippen LogP contribution in [0.1, 0.15) is 36.7 Å². The van der Waals surface area contributed by atoms with Crippen LogP contribution in [0.15, 0.2) is 91.0 Å². The van der Waals surface area contributed by atoms with Crippen LogP contribution in [-0.4, -0.2) is 24.0 Å². The average Bonchev–Trinajstić information content (AvgIpc) is 3.26. The van der Waals surface area contributed by atoms with Gasteiger partial charge in [0.05, 0.1) is 18.4 Å². The second kappa shape index (κ2) is 10.9. The largest absolute Gasteiger partial charge is 0.465 e. The van der Waals surface area contributed by atoms with E-state index >= 15 is 0 Å². The van der Waals surface area contributed by atoms with Crippen molar-refractivity contribution in [1.29, 1.82) is 0 Å². The smallest absolute Gasteiger partial charge is 0.340 e. The monoisotopic (exact) mass is 486 g/mol. The normalized spacial score (nSPS) is 10.4. The Kier molecular flexibility index (Phi) is 7.47. The molecule has 0 saturated carbocycles. The molecule has 5 nitrogen and oxygen atoms in total. The lowest BCUT2D eigenvalue weighted by atomic mass is 10.0. The van der Waals surface area contributed by atoms with Crippen LogP contribution in [0.2, 0.25) is 0 Å². The molecule has 1 heterocycles. The predicted octanol–water partition coefficient (Wildman–Crippen LogP) is 6.17. The average molecular weight is 487 g/mol. The summed E-state index contributed by atoms with van der Waals surface area (Å²) in [5.41, 5.74) is 3.22. The van der Waals surface area contributed by atoms with Gasteiger partial charge in [-0.15, -0.1) is 11.3 Å². The highest BCUT2D eigenvalue weighted by molar-refractivity contribution is 7.80. The van der Waals surface area contributed by atoms with Crippen LogP contribution in [0.25, 0.3) is 0 Å². The van der Waals surface area contributed by atoms with Crippen LogP contribution in [0.3, 0.4) is 0 Å². The third kappa shape index (κ3) is 5.57. The summed E-state index contributed by atoms with van der Waals surface area (Å²) in [6.07, 6.45) is 0.686. The standard InChI is InChI=1S/C27H22N2O3S2/c1-32-26(31)22-17-20(16-18-10-4-2-5-11-18)34-25(22)29-27(33)28-23-15-9-8-14-21(23)24(30)19-12-6-3-7-13-19/h2-15,17H,16H2,1H3,(H2,28,29,33). The van der Waals surface area contributed by atoms with E-state index in [-0.39, 0.29) is 10.9 Å². The molecule has 0 aliphatic heterocycles. The number of thiophene rings is 1. The molecule has 4 rings (SSSR count). The minimum Gasteiger partial charge on any atom is -0.465 e. The van der Waals surface area contributed by atoms with Gasteiger partial charge in [0.1, 0.15) is 5.00 Å². The fourth-order valence-corrected chi connectivity index (χ4v) is 4.83. The highest BCUT2D eigenvalue weighted by Crippen LogP contribution is 2.31. The Hall–Kier alpha value is -3.81. The van der Waals surface area contributed by atoms with Crippen LogP contribution in [-0.2, 0) is 11.2 Å². The number of methoxy groups -OCH3 is 1. The van der Waals surface area contributed by atoms with E-state index < -0.39 is 5.97 Å². The molecule has 0 unspecified atom stereocenters. The Labute approximate surface area is 207 Å². The Balaban J connectivity index is 1.54. The van der Waals surface area contributed by atoms with Gasteiger partial charge in [-0.05, 0) is 36.0 Å². The topological polar surface area (TPSA) is 67.4 Å². The molecule has 3 aromatic carbocycles. The highest BCUT2D eigenvalue weighted by atomic mass is 32.1. The first kappa shape index (κ1) is 23.4. The molecule has 7 heteroatoms. The molecular formula is C27H22N2O3S2. The molecule has 4 aromatic rings. The van der Waals surface area contributed by atoms with Gasteiger partial charge in [0.25, 0.3) is 0 Å². The van der Waals surface area contributed by atoms with Crippen molar-refractivity contribution in [3.63, 3.8) is 0 Å². The third-order valence-electron chi connectivity index (χ3n) is 5.09. The van der Waals surface area contributed by atoms with E-state index in [1.165, 1.54) is 18.4 Å². The van der Waals surface area contributed by atoms with Crippen LogP contribution < -0.4 is 10.6 Å². The number of hydrogen-bond acceptors (Lipinski definition) is 5. The van der Waals surface area contributed by atoms with Crippen molar-refractivity contribution in [2.45, 2.75) is 6.42 Å². The summed E-state index contributed by atoms with van der Waals surface area (Å²) in [4.78, 5) is 26.4. The molecule has 2 N–H and O–H groups in total. The summed E-state index contributed by atoms with van der Waals surface area (Å²) >= 11 is 6.96. The number of ether oxygens (including phenoxy) is 1.